The lowest BCUT2D eigenvalue weighted by atomic mass is 10.2. The van der Waals surface area contributed by atoms with Crippen molar-refractivity contribution in [2.45, 2.75) is 51.3 Å². The van der Waals surface area contributed by atoms with Gasteiger partial charge in [-0.3, -0.25) is 4.79 Å². The van der Waals surface area contributed by atoms with Crippen LogP contribution in [-0.4, -0.2) is 41.5 Å². The standard InChI is InChI=1S/C23H30N4O3/c1-27(17-18-8-3-2-4-9-18)23(29)25-15-13-21(28)26-16-19-10-7-14-24-22(19)30-20-11-5-6-12-20/h2-4,7-10,14,20H,5-6,11-13,15-17H2,1H3,(H,25,29)(H,26,28). The number of carbonyl (C=O) groups is 2. The van der Waals surface area contributed by atoms with Crippen LogP contribution in [0.15, 0.2) is 48.7 Å². The largest absolute Gasteiger partial charge is 0.474 e. The average molecular weight is 411 g/mol. The first-order chi connectivity index (χ1) is 14.6. The first-order valence-electron chi connectivity index (χ1n) is 10.5. The maximum Gasteiger partial charge on any atom is 0.317 e. The molecule has 7 nitrogen and oxygen atoms in total. The number of aromatic nitrogens is 1. The minimum atomic E-state index is -0.203. The first-order valence-corrected chi connectivity index (χ1v) is 10.5. The molecule has 1 aromatic heterocycles. The number of rotatable bonds is 9. The van der Waals surface area contributed by atoms with Crippen LogP contribution in [0.5, 0.6) is 5.88 Å². The molecule has 1 aliphatic rings. The Morgan fingerprint density at radius 2 is 1.87 bits per heavy atom. The van der Waals surface area contributed by atoms with Gasteiger partial charge in [0, 0.05) is 44.9 Å². The summed E-state index contributed by atoms with van der Waals surface area (Å²) in [4.78, 5) is 30.3. The Balaban J connectivity index is 1.37. The molecule has 3 rings (SSSR count). The van der Waals surface area contributed by atoms with Gasteiger partial charge in [0.2, 0.25) is 11.8 Å². The monoisotopic (exact) mass is 410 g/mol. The summed E-state index contributed by atoms with van der Waals surface area (Å²) >= 11 is 0. The Hall–Kier alpha value is -3.09. The van der Waals surface area contributed by atoms with E-state index in [9.17, 15) is 9.59 Å². The van der Waals surface area contributed by atoms with Crippen LogP contribution in [0.1, 0.15) is 43.2 Å². The highest BCUT2D eigenvalue weighted by atomic mass is 16.5. The number of nitrogens with one attached hydrogen (secondary N) is 2. The zero-order valence-electron chi connectivity index (χ0n) is 17.5. The predicted octanol–water partition coefficient (Wildman–Crippen LogP) is 3.25. The predicted molar refractivity (Wildman–Crippen MR) is 115 cm³/mol. The normalized spacial score (nSPS) is 13.6. The molecule has 7 heteroatoms. The molecule has 1 saturated carbocycles. The summed E-state index contributed by atoms with van der Waals surface area (Å²) in [5.41, 5.74) is 1.92. The number of hydrogen-bond acceptors (Lipinski definition) is 4. The smallest absolute Gasteiger partial charge is 0.317 e. The van der Waals surface area contributed by atoms with E-state index in [4.69, 9.17) is 4.74 Å². The number of hydrogen-bond donors (Lipinski definition) is 2. The third kappa shape index (κ3) is 6.76. The van der Waals surface area contributed by atoms with Gasteiger partial charge in [-0.2, -0.15) is 0 Å². The summed E-state index contributed by atoms with van der Waals surface area (Å²) in [6.45, 7) is 1.16. The SMILES string of the molecule is CN(Cc1ccccc1)C(=O)NCCC(=O)NCc1cccnc1OC1CCCC1. The van der Waals surface area contributed by atoms with Gasteiger partial charge in [0.25, 0.3) is 0 Å². The highest BCUT2D eigenvalue weighted by molar-refractivity contribution is 5.78. The molecular formula is C23H30N4O3. The molecule has 0 spiro atoms. The Morgan fingerprint density at radius 1 is 1.10 bits per heavy atom. The van der Waals surface area contributed by atoms with E-state index >= 15 is 0 Å². The van der Waals surface area contributed by atoms with E-state index in [-0.39, 0.29) is 31.0 Å². The lowest BCUT2D eigenvalue weighted by Crippen LogP contribution is -2.38. The molecule has 0 unspecified atom stereocenters. The third-order valence-electron chi connectivity index (χ3n) is 5.14. The van der Waals surface area contributed by atoms with E-state index < -0.39 is 0 Å². The zero-order valence-corrected chi connectivity index (χ0v) is 17.5. The fourth-order valence-electron chi connectivity index (χ4n) is 3.46. The summed E-state index contributed by atoms with van der Waals surface area (Å²) in [5, 5.41) is 5.66. The molecule has 160 valence electrons. The maximum absolute atomic E-state index is 12.2. The lowest BCUT2D eigenvalue weighted by molar-refractivity contribution is -0.121. The molecule has 1 aliphatic carbocycles. The van der Waals surface area contributed by atoms with Crippen LogP contribution in [0.3, 0.4) is 0 Å². The Bertz CT molecular complexity index is 822. The summed E-state index contributed by atoms with van der Waals surface area (Å²) in [6.07, 6.45) is 6.63. The van der Waals surface area contributed by atoms with Crippen molar-refractivity contribution >= 4 is 11.9 Å². The maximum atomic E-state index is 12.2. The average Bonchev–Trinajstić information content (AvgIpc) is 3.27. The van der Waals surface area contributed by atoms with Crippen molar-refractivity contribution < 1.29 is 14.3 Å². The summed E-state index contributed by atoms with van der Waals surface area (Å²) < 4.78 is 6.00. The molecule has 0 radical (unpaired) electrons. The molecule has 1 aromatic carbocycles. The van der Waals surface area contributed by atoms with Gasteiger partial charge >= 0.3 is 6.03 Å². The number of urea groups is 1. The van der Waals surface area contributed by atoms with Crippen LogP contribution in [0.4, 0.5) is 4.79 Å². The number of nitrogens with zero attached hydrogens (tertiary/aromatic N) is 2. The van der Waals surface area contributed by atoms with E-state index in [1.54, 1.807) is 18.1 Å². The van der Waals surface area contributed by atoms with Gasteiger partial charge in [-0.05, 0) is 37.3 Å². The van der Waals surface area contributed by atoms with Gasteiger partial charge in [0.15, 0.2) is 0 Å². The summed E-state index contributed by atoms with van der Waals surface area (Å²) in [5.74, 6) is 0.470. The van der Waals surface area contributed by atoms with Crippen molar-refractivity contribution in [3.8, 4) is 5.88 Å². The van der Waals surface area contributed by atoms with Crippen LogP contribution in [0.25, 0.3) is 0 Å². The second kappa shape index (κ2) is 11.2. The number of carbonyl (C=O) groups excluding carboxylic acids is 2. The Kier molecular flexibility index (Phi) is 8.06. The molecule has 0 atom stereocenters. The molecule has 0 aliphatic heterocycles. The first kappa shape index (κ1) is 21.6. The molecule has 0 bridgehead atoms. The highest BCUT2D eigenvalue weighted by Crippen LogP contribution is 2.24. The Labute approximate surface area is 177 Å². The van der Waals surface area contributed by atoms with Crippen molar-refractivity contribution in [1.82, 2.24) is 20.5 Å². The molecule has 2 N–H and O–H groups in total. The fraction of sp³-hybridized carbons (Fsp3) is 0.435. The minimum Gasteiger partial charge on any atom is -0.474 e. The minimum absolute atomic E-state index is 0.128. The summed E-state index contributed by atoms with van der Waals surface area (Å²) in [6, 6.07) is 13.3. The quantitative estimate of drug-likeness (QED) is 0.665. The van der Waals surface area contributed by atoms with Crippen molar-refractivity contribution in [1.29, 1.82) is 0 Å². The van der Waals surface area contributed by atoms with Gasteiger partial charge in [-0.15, -0.1) is 0 Å². The van der Waals surface area contributed by atoms with Crippen molar-refractivity contribution in [3.63, 3.8) is 0 Å². The van der Waals surface area contributed by atoms with Crippen LogP contribution < -0.4 is 15.4 Å². The van der Waals surface area contributed by atoms with E-state index in [0.29, 0.717) is 19.0 Å². The van der Waals surface area contributed by atoms with Crippen molar-refractivity contribution in [2.75, 3.05) is 13.6 Å². The van der Waals surface area contributed by atoms with Gasteiger partial charge in [0.1, 0.15) is 6.10 Å². The van der Waals surface area contributed by atoms with E-state index in [1.807, 2.05) is 42.5 Å². The van der Waals surface area contributed by atoms with Crippen LogP contribution in [0.2, 0.25) is 0 Å². The topological polar surface area (TPSA) is 83.6 Å². The number of ether oxygens (including phenoxy) is 1. The molecule has 0 saturated heterocycles. The number of amides is 3. The van der Waals surface area contributed by atoms with E-state index in [2.05, 4.69) is 15.6 Å². The Morgan fingerprint density at radius 3 is 2.63 bits per heavy atom. The number of benzene rings is 1. The second-order valence-corrected chi connectivity index (χ2v) is 7.59. The fourth-order valence-corrected chi connectivity index (χ4v) is 3.46. The van der Waals surface area contributed by atoms with E-state index in [1.165, 1.54) is 12.8 Å². The van der Waals surface area contributed by atoms with Crippen LogP contribution >= 0.6 is 0 Å². The molecule has 1 heterocycles. The van der Waals surface area contributed by atoms with Crippen LogP contribution in [0, 0.1) is 0 Å². The molecule has 3 amide bonds. The van der Waals surface area contributed by atoms with E-state index in [0.717, 1.165) is 24.0 Å². The molecule has 30 heavy (non-hydrogen) atoms. The van der Waals surface area contributed by atoms with Gasteiger partial charge in [-0.1, -0.05) is 36.4 Å². The second-order valence-electron chi connectivity index (χ2n) is 7.59. The molecule has 1 fully saturated rings. The molecular weight excluding hydrogens is 380 g/mol. The highest BCUT2D eigenvalue weighted by Gasteiger charge is 2.18. The third-order valence-corrected chi connectivity index (χ3v) is 5.14. The van der Waals surface area contributed by atoms with Crippen molar-refractivity contribution in [3.05, 3.63) is 59.8 Å². The van der Waals surface area contributed by atoms with Gasteiger partial charge in [-0.25, -0.2) is 9.78 Å². The zero-order chi connectivity index (χ0) is 21.2. The lowest BCUT2D eigenvalue weighted by Gasteiger charge is -2.18. The number of pyridine rings is 1. The summed E-state index contributed by atoms with van der Waals surface area (Å²) in [7, 11) is 1.73. The molecule has 2 aromatic rings. The van der Waals surface area contributed by atoms with Gasteiger partial charge < -0.3 is 20.3 Å². The van der Waals surface area contributed by atoms with Crippen LogP contribution in [-0.2, 0) is 17.9 Å². The van der Waals surface area contributed by atoms with Crippen molar-refractivity contribution in [2.24, 2.45) is 0 Å². The van der Waals surface area contributed by atoms with Gasteiger partial charge in [0.05, 0.1) is 0 Å².